The molecule has 1 aromatic heterocycles. The normalized spacial score (nSPS) is 15.3. The van der Waals surface area contributed by atoms with Crippen LogP contribution in [0, 0.1) is 0 Å². The number of nitrogens with zero attached hydrogens (tertiary/aromatic N) is 4. The molecule has 0 saturated carbocycles. The fourth-order valence-corrected chi connectivity index (χ4v) is 2.89. The highest BCUT2D eigenvalue weighted by molar-refractivity contribution is 6.30. The average molecular weight is 379 g/mol. The van der Waals surface area contributed by atoms with Crippen LogP contribution in [0.5, 0.6) is 0 Å². The summed E-state index contributed by atoms with van der Waals surface area (Å²) in [7, 11) is 0. The minimum Gasteiger partial charge on any atom is -0.379 e. The topological polar surface area (TPSA) is 118 Å². The second-order valence-corrected chi connectivity index (χ2v) is 6.36. The second-order valence-electron chi connectivity index (χ2n) is 5.92. The summed E-state index contributed by atoms with van der Waals surface area (Å²) in [4.78, 5) is 28.2. The summed E-state index contributed by atoms with van der Waals surface area (Å²) in [5.41, 5.74) is 6.30. The molecule has 0 bridgehead atoms. The molecule has 1 aromatic carbocycles. The third-order valence-electron chi connectivity index (χ3n) is 4.10. The van der Waals surface area contributed by atoms with Crippen LogP contribution in [0.4, 0.5) is 16.3 Å². The number of aromatic nitrogens is 2. The Morgan fingerprint density at radius 2 is 1.65 bits per heavy atom. The van der Waals surface area contributed by atoms with E-state index in [1.54, 1.807) is 34.1 Å². The van der Waals surface area contributed by atoms with Gasteiger partial charge in [-0.15, -0.1) is 0 Å². The molecule has 3 amide bonds. The van der Waals surface area contributed by atoms with Gasteiger partial charge in [-0.3, -0.25) is 4.79 Å². The van der Waals surface area contributed by atoms with Gasteiger partial charge in [0.15, 0.2) is 0 Å². The Morgan fingerprint density at radius 1 is 1.04 bits per heavy atom. The number of anilines is 2. The predicted octanol–water partition coefficient (Wildman–Crippen LogP) is 2.08. The van der Waals surface area contributed by atoms with Gasteiger partial charge in [0, 0.05) is 36.9 Å². The monoisotopic (exact) mass is 378 g/mol. The van der Waals surface area contributed by atoms with Crippen LogP contribution in [-0.4, -0.2) is 58.2 Å². The molecular formula is C16H19ClN6O3. The van der Waals surface area contributed by atoms with Crippen molar-refractivity contribution in [2.24, 2.45) is 0 Å². The number of nitrogens with one attached hydrogen (secondary N) is 1. The van der Waals surface area contributed by atoms with E-state index in [-0.39, 0.29) is 23.5 Å². The first kappa shape index (κ1) is 18.0. The van der Waals surface area contributed by atoms with Crippen LogP contribution >= 0.6 is 11.6 Å². The predicted molar refractivity (Wildman–Crippen MR) is 95.9 cm³/mol. The quantitative estimate of drug-likeness (QED) is 0.826. The number of nitrogen functional groups attached to an aromatic ring is 1. The number of benzene rings is 1. The molecule has 0 unspecified atom stereocenters. The van der Waals surface area contributed by atoms with E-state index in [2.05, 4.69) is 20.3 Å². The number of carbonyl (C=O) groups is 2. The minimum atomic E-state index is -0.303. The van der Waals surface area contributed by atoms with Crippen LogP contribution < -0.4 is 11.1 Å². The standard InChI is InChI=1S/C16H19ClN6O3/c17-11-3-5-12(6-4-11)19-16(25)23-9-1-7-22(8-2-10-23)15(24)13-14(18)21-26-20-13/h3-6H,1-2,7-10H2,(H2,18,21)(H,19,25). The third-order valence-corrected chi connectivity index (χ3v) is 4.35. The van der Waals surface area contributed by atoms with Gasteiger partial charge in [0.05, 0.1) is 0 Å². The van der Waals surface area contributed by atoms with Crippen molar-refractivity contribution < 1.29 is 14.2 Å². The largest absolute Gasteiger partial charge is 0.379 e. The van der Waals surface area contributed by atoms with Crippen molar-refractivity contribution in [3.63, 3.8) is 0 Å². The zero-order valence-electron chi connectivity index (χ0n) is 14.0. The van der Waals surface area contributed by atoms with E-state index in [1.807, 2.05) is 0 Å². The Morgan fingerprint density at radius 3 is 2.23 bits per heavy atom. The van der Waals surface area contributed by atoms with Gasteiger partial charge < -0.3 is 20.9 Å². The van der Waals surface area contributed by atoms with Crippen LogP contribution in [-0.2, 0) is 0 Å². The molecule has 2 aromatic rings. The highest BCUT2D eigenvalue weighted by Crippen LogP contribution is 2.15. The highest BCUT2D eigenvalue weighted by Gasteiger charge is 2.25. The number of rotatable bonds is 2. The summed E-state index contributed by atoms with van der Waals surface area (Å²) in [5.74, 6) is -0.316. The molecule has 26 heavy (non-hydrogen) atoms. The molecule has 0 spiro atoms. The summed E-state index contributed by atoms with van der Waals surface area (Å²) >= 11 is 5.85. The molecule has 1 aliphatic rings. The maximum absolute atomic E-state index is 12.4. The Hall–Kier alpha value is -2.81. The number of hydrogen-bond acceptors (Lipinski definition) is 6. The molecule has 3 N–H and O–H groups in total. The van der Waals surface area contributed by atoms with Crippen molar-refractivity contribution in [2.45, 2.75) is 12.8 Å². The first-order chi connectivity index (χ1) is 12.5. The SMILES string of the molecule is Nc1nonc1C(=O)N1CCCN(C(=O)Nc2ccc(Cl)cc2)CCC1. The molecule has 0 radical (unpaired) electrons. The summed E-state index contributed by atoms with van der Waals surface area (Å²) in [6, 6.07) is 6.77. The minimum absolute atomic E-state index is 0.0129. The van der Waals surface area contributed by atoms with E-state index >= 15 is 0 Å². The molecule has 0 atom stereocenters. The lowest BCUT2D eigenvalue weighted by molar-refractivity contribution is 0.0719. The molecule has 3 rings (SSSR count). The van der Waals surface area contributed by atoms with Crippen LogP contribution in [0.15, 0.2) is 28.9 Å². The number of halogens is 1. The molecule has 1 saturated heterocycles. The molecule has 10 heteroatoms. The van der Waals surface area contributed by atoms with Gasteiger partial charge in [0.25, 0.3) is 5.91 Å². The van der Waals surface area contributed by atoms with E-state index < -0.39 is 0 Å². The fraction of sp³-hybridized carbons (Fsp3) is 0.375. The van der Waals surface area contributed by atoms with Gasteiger partial charge in [0.2, 0.25) is 11.5 Å². The third kappa shape index (κ3) is 4.23. The number of hydrogen-bond donors (Lipinski definition) is 2. The lowest BCUT2D eigenvalue weighted by Gasteiger charge is -2.30. The Balaban J connectivity index is 1.54. The van der Waals surface area contributed by atoms with Gasteiger partial charge in [-0.2, -0.15) is 0 Å². The molecule has 1 fully saturated rings. The maximum atomic E-state index is 12.4. The van der Waals surface area contributed by atoms with Crippen molar-refractivity contribution in [2.75, 3.05) is 37.2 Å². The van der Waals surface area contributed by atoms with Crippen LogP contribution in [0.2, 0.25) is 5.02 Å². The first-order valence-electron chi connectivity index (χ1n) is 8.23. The zero-order valence-corrected chi connectivity index (χ0v) is 14.8. The summed E-state index contributed by atoms with van der Waals surface area (Å²) < 4.78 is 4.48. The van der Waals surface area contributed by atoms with Crippen molar-refractivity contribution in [1.29, 1.82) is 0 Å². The number of amides is 3. The van der Waals surface area contributed by atoms with Crippen LogP contribution in [0.3, 0.4) is 0 Å². The Labute approximate surface area is 155 Å². The zero-order chi connectivity index (χ0) is 18.5. The van der Waals surface area contributed by atoms with E-state index in [9.17, 15) is 9.59 Å². The molecular weight excluding hydrogens is 360 g/mol. The lowest BCUT2D eigenvalue weighted by Crippen LogP contribution is -2.43. The van der Waals surface area contributed by atoms with Crippen molar-refractivity contribution in [3.8, 4) is 0 Å². The van der Waals surface area contributed by atoms with Gasteiger partial charge in [-0.05, 0) is 47.4 Å². The van der Waals surface area contributed by atoms with Gasteiger partial charge in [0.1, 0.15) is 0 Å². The smallest absolute Gasteiger partial charge is 0.321 e. The van der Waals surface area contributed by atoms with E-state index in [4.69, 9.17) is 17.3 Å². The van der Waals surface area contributed by atoms with Gasteiger partial charge >= 0.3 is 6.03 Å². The second kappa shape index (κ2) is 8.05. The van der Waals surface area contributed by atoms with Crippen molar-refractivity contribution in [1.82, 2.24) is 20.1 Å². The number of nitrogens with two attached hydrogens (primary N) is 1. The van der Waals surface area contributed by atoms with Gasteiger partial charge in [-0.1, -0.05) is 11.6 Å². The summed E-state index contributed by atoms with van der Waals surface area (Å²) in [6.45, 7) is 2.07. The molecule has 1 aliphatic heterocycles. The first-order valence-corrected chi connectivity index (χ1v) is 8.61. The Bertz CT molecular complexity index is 769. The van der Waals surface area contributed by atoms with Crippen molar-refractivity contribution >= 4 is 35.0 Å². The van der Waals surface area contributed by atoms with Gasteiger partial charge in [-0.25, -0.2) is 9.42 Å². The van der Waals surface area contributed by atoms with Crippen LogP contribution in [0.1, 0.15) is 23.3 Å². The fourth-order valence-electron chi connectivity index (χ4n) is 2.76. The van der Waals surface area contributed by atoms with E-state index in [0.29, 0.717) is 49.7 Å². The number of urea groups is 1. The van der Waals surface area contributed by atoms with E-state index in [1.165, 1.54) is 0 Å². The molecule has 9 nitrogen and oxygen atoms in total. The molecule has 2 heterocycles. The maximum Gasteiger partial charge on any atom is 0.321 e. The Kier molecular flexibility index (Phi) is 5.57. The molecule has 138 valence electrons. The lowest BCUT2D eigenvalue weighted by atomic mass is 10.2. The summed E-state index contributed by atoms with van der Waals surface area (Å²) in [5, 5.41) is 10.4. The van der Waals surface area contributed by atoms with Crippen LogP contribution in [0.25, 0.3) is 0 Å². The summed E-state index contributed by atoms with van der Waals surface area (Å²) in [6.07, 6.45) is 1.29. The van der Waals surface area contributed by atoms with E-state index in [0.717, 1.165) is 0 Å². The number of carbonyl (C=O) groups excluding carboxylic acids is 2. The average Bonchev–Trinajstić information content (AvgIpc) is 3.02. The van der Waals surface area contributed by atoms with Crippen molar-refractivity contribution in [3.05, 3.63) is 35.0 Å². The highest BCUT2D eigenvalue weighted by atomic mass is 35.5. The molecule has 0 aliphatic carbocycles.